The summed E-state index contributed by atoms with van der Waals surface area (Å²) in [7, 11) is 0. The molecular weight excluding hydrogens is 430 g/mol. The number of aliphatic hydroxyl groups is 1. The van der Waals surface area contributed by atoms with Gasteiger partial charge in [0.05, 0.1) is 37.8 Å². The lowest BCUT2D eigenvalue weighted by molar-refractivity contribution is -0.154. The molecule has 0 saturated carbocycles. The van der Waals surface area contributed by atoms with E-state index in [-0.39, 0.29) is 31.1 Å². The first-order chi connectivity index (χ1) is 16.0. The molecule has 4 rings (SSSR count). The van der Waals surface area contributed by atoms with Gasteiger partial charge in [0.25, 0.3) is 0 Å². The van der Waals surface area contributed by atoms with Crippen LogP contribution in [0.5, 0.6) is 0 Å². The molecule has 10 nitrogen and oxygen atoms in total. The standard InChI is InChI=1S/C23H37N3O7/c1-2-32-22(30)17-16-6-7-23(33-16)18(17)21(29)26(9-4-3-5-13-27)19(23)20(28)24-8-10-25-11-14-31-15-12-25/h16-19,27H,2-15H2,1H3,(H,24,28)/t16-,17+,18+,19-,23+/m1/s1. The van der Waals surface area contributed by atoms with Crippen molar-refractivity contribution in [1.82, 2.24) is 15.1 Å². The summed E-state index contributed by atoms with van der Waals surface area (Å²) >= 11 is 0. The van der Waals surface area contributed by atoms with Crippen LogP contribution in [0.4, 0.5) is 0 Å². The molecule has 2 bridgehead atoms. The fraction of sp³-hybridized carbons (Fsp3) is 0.870. The molecule has 2 N–H and O–H groups in total. The van der Waals surface area contributed by atoms with Gasteiger partial charge in [-0.05, 0) is 39.0 Å². The van der Waals surface area contributed by atoms with Crippen LogP contribution >= 0.6 is 0 Å². The monoisotopic (exact) mass is 467 g/mol. The van der Waals surface area contributed by atoms with E-state index in [1.54, 1.807) is 11.8 Å². The Morgan fingerprint density at radius 2 is 2.00 bits per heavy atom. The van der Waals surface area contributed by atoms with Crippen molar-refractivity contribution in [3.8, 4) is 0 Å². The number of amides is 2. The van der Waals surface area contributed by atoms with Crippen molar-refractivity contribution in [3.05, 3.63) is 0 Å². The Morgan fingerprint density at radius 1 is 1.21 bits per heavy atom. The van der Waals surface area contributed by atoms with Crippen LogP contribution in [0, 0.1) is 11.8 Å². The van der Waals surface area contributed by atoms with Gasteiger partial charge >= 0.3 is 5.97 Å². The summed E-state index contributed by atoms with van der Waals surface area (Å²) in [5.74, 6) is -2.14. The minimum atomic E-state index is -0.973. The van der Waals surface area contributed by atoms with Crippen LogP contribution in [0.2, 0.25) is 0 Å². The number of esters is 1. The first-order valence-corrected chi connectivity index (χ1v) is 12.4. The zero-order valence-electron chi connectivity index (χ0n) is 19.5. The third-order valence-electron chi connectivity index (χ3n) is 7.50. The van der Waals surface area contributed by atoms with Gasteiger partial charge in [-0.1, -0.05) is 0 Å². The van der Waals surface area contributed by atoms with Gasteiger partial charge in [0.15, 0.2) is 0 Å². The smallest absolute Gasteiger partial charge is 0.312 e. The predicted molar refractivity (Wildman–Crippen MR) is 117 cm³/mol. The van der Waals surface area contributed by atoms with Crippen molar-refractivity contribution in [1.29, 1.82) is 0 Å². The average Bonchev–Trinajstić information content (AvgIpc) is 3.45. The normalized spacial score (nSPS) is 33.4. The SMILES string of the molecule is CCOC(=O)[C@@H]1[C@H]2C(=O)N(CCCCCO)[C@H](C(=O)NCCN3CCOCC3)[C@]23CC[C@H]1O3. The van der Waals surface area contributed by atoms with E-state index in [2.05, 4.69) is 10.2 Å². The molecule has 186 valence electrons. The number of nitrogens with one attached hydrogen (secondary N) is 1. The Balaban J connectivity index is 1.49. The first kappa shape index (κ1) is 24.4. The van der Waals surface area contributed by atoms with Crippen LogP contribution in [0.1, 0.15) is 39.0 Å². The minimum Gasteiger partial charge on any atom is -0.466 e. The highest BCUT2D eigenvalue weighted by molar-refractivity contribution is 5.98. The Bertz CT molecular complexity index is 729. The third kappa shape index (κ3) is 4.62. The molecule has 2 amide bonds. The zero-order valence-corrected chi connectivity index (χ0v) is 19.5. The Morgan fingerprint density at radius 3 is 2.73 bits per heavy atom. The number of unbranched alkanes of at least 4 members (excludes halogenated alkanes) is 2. The van der Waals surface area contributed by atoms with Crippen LogP contribution in [0.3, 0.4) is 0 Å². The number of rotatable bonds is 11. The molecule has 0 aliphatic carbocycles. The van der Waals surface area contributed by atoms with Gasteiger partial charge in [-0.2, -0.15) is 0 Å². The molecule has 0 aromatic rings. The van der Waals surface area contributed by atoms with Gasteiger partial charge in [0.2, 0.25) is 11.8 Å². The number of nitrogens with zero attached hydrogens (tertiary/aromatic N) is 2. The van der Waals surface area contributed by atoms with Gasteiger partial charge in [0.1, 0.15) is 11.6 Å². The van der Waals surface area contributed by atoms with E-state index < -0.39 is 29.4 Å². The molecule has 10 heteroatoms. The van der Waals surface area contributed by atoms with E-state index in [0.29, 0.717) is 52.0 Å². The van der Waals surface area contributed by atoms with E-state index in [1.165, 1.54) is 0 Å². The van der Waals surface area contributed by atoms with E-state index in [1.807, 2.05) is 0 Å². The van der Waals surface area contributed by atoms with E-state index in [9.17, 15) is 14.4 Å². The van der Waals surface area contributed by atoms with Crippen LogP contribution in [0.25, 0.3) is 0 Å². The predicted octanol–water partition coefficient (Wildman–Crippen LogP) is -0.465. The summed E-state index contributed by atoms with van der Waals surface area (Å²) in [5.41, 5.74) is -0.973. The zero-order chi connectivity index (χ0) is 23.4. The van der Waals surface area contributed by atoms with Crippen molar-refractivity contribution in [2.24, 2.45) is 11.8 Å². The van der Waals surface area contributed by atoms with E-state index >= 15 is 0 Å². The van der Waals surface area contributed by atoms with E-state index in [0.717, 1.165) is 26.1 Å². The topological polar surface area (TPSA) is 118 Å². The van der Waals surface area contributed by atoms with Gasteiger partial charge in [-0.25, -0.2) is 0 Å². The maximum Gasteiger partial charge on any atom is 0.312 e. The van der Waals surface area contributed by atoms with Crippen LogP contribution < -0.4 is 5.32 Å². The maximum absolute atomic E-state index is 13.6. The second-order valence-electron chi connectivity index (χ2n) is 9.37. The molecule has 4 fully saturated rings. The van der Waals surface area contributed by atoms with Gasteiger partial charge < -0.3 is 29.5 Å². The van der Waals surface area contributed by atoms with Crippen LogP contribution in [-0.2, 0) is 28.6 Å². The molecule has 0 radical (unpaired) electrons. The highest BCUT2D eigenvalue weighted by atomic mass is 16.6. The number of ether oxygens (including phenoxy) is 3. The lowest BCUT2D eigenvalue weighted by Crippen LogP contribution is -2.56. The van der Waals surface area contributed by atoms with Crippen molar-refractivity contribution < 1.29 is 33.7 Å². The molecule has 0 aromatic heterocycles. The maximum atomic E-state index is 13.6. The lowest BCUT2D eigenvalue weighted by atomic mass is 9.71. The van der Waals surface area contributed by atoms with Gasteiger partial charge in [-0.15, -0.1) is 0 Å². The van der Waals surface area contributed by atoms with E-state index in [4.69, 9.17) is 19.3 Å². The number of hydrogen-bond acceptors (Lipinski definition) is 8. The number of fused-ring (bicyclic) bond motifs is 1. The lowest BCUT2D eigenvalue weighted by Gasteiger charge is -2.34. The molecule has 5 atom stereocenters. The quantitative estimate of drug-likeness (QED) is 0.310. The fourth-order valence-electron chi connectivity index (χ4n) is 6.03. The Kier molecular flexibility index (Phi) is 7.88. The van der Waals surface area contributed by atoms with Crippen LogP contribution in [-0.4, -0.2) is 110 Å². The number of hydrogen-bond donors (Lipinski definition) is 2. The largest absolute Gasteiger partial charge is 0.466 e. The molecule has 4 heterocycles. The number of likely N-dealkylation sites (tertiary alicyclic amines) is 1. The summed E-state index contributed by atoms with van der Waals surface area (Å²) in [6, 6.07) is -0.752. The fourth-order valence-corrected chi connectivity index (χ4v) is 6.03. The molecular formula is C23H37N3O7. The number of aliphatic hydroxyl groups excluding tert-OH is 1. The summed E-state index contributed by atoms with van der Waals surface area (Å²) in [6.45, 7) is 6.76. The molecule has 33 heavy (non-hydrogen) atoms. The number of carbonyl (C=O) groups excluding carboxylic acids is 3. The van der Waals surface area contributed by atoms with Crippen molar-refractivity contribution >= 4 is 17.8 Å². The molecule has 4 saturated heterocycles. The highest BCUT2D eigenvalue weighted by Crippen LogP contribution is 2.58. The molecule has 0 aromatic carbocycles. The summed E-state index contributed by atoms with van der Waals surface area (Å²) < 4.78 is 17.0. The summed E-state index contributed by atoms with van der Waals surface area (Å²) in [4.78, 5) is 43.7. The Labute approximate surface area is 194 Å². The second kappa shape index (κ2) is 10.7. The van der Waals surface area contributed by atoms with Gasteiger partial charge in [-0.3, -0.25) is 19.3 Å². The molecule has 0 unspecified atom stereocenters. The van der Waals surface area contributed by atoms with Crippen LogP contribution in [0.15, 0.2) is 0 Å². The van der Waals surface area contributed by atoms with Crippen molar-refractivity contribution in [2.45, 2.75) is 56.8 Å². The van der Waals surface area contributed by atoms with Crippen molar-refractivity contribution in [3.63, 3.8) is 0 Å². The second-order valence-corrected chi connectivity index (χ2v) is 9.37. The first-order valence-electron chi connectivity index (χ1n) is 12.4. The Hall–Kier alpha value is -1.75. The number of carbonyl (C=O) groups is 3. The third-order valence-corrected chi connectivity index (χ3v) is 7.50. The molecule has 1 spiro atoms. The average molecular weight is 468 g/mol. The summed E-state index contributed by atoms with van der Waals surface area (Å²) in [6.07, 6.45) is 2.94. The molecule has 4 aliphatic heterocycles. The minimum absolute atomic E-state index is 0.0989. The molecule has 4 aliphatic rings. The van der Waals surface area contributed by atoms with Crippen molar-refractivity contribution in [2.75, 3.05) is 59.2 Å². The highest BCUT2D eigenvalue weighted by Gasteiger charge is 2.74. The summed E-state index contributed by atoms with van der Waals surface area (Å²) in [5, 5.41) is 12.1. The van der Waals surface area contributed by atoms with Gasteiger partial charge in [0, 0.05) is 39.3 Å². The number of morpholine rings is 1.